The van der Waals surface area contributed by atoms with Crippen LogP contribution in [0.25, 0.3) is 0 Å². The fourth-order valence-electron chi connectivity index (χ4n) is 1.65. The molecule has 0 aromatic rings. The molecule has 3 atom stereocenters. The van der Waals surface area contributed by atoms with Gasteiger partial charge in [-0.1, -0.05) is 34.1 Å². The first-order valence-electron chi connectivity index (χ1n) is 5.75. The van der Waals surface area contributed by atoms with Gasteiger partial charge in [0.1, 0.15) is 0 Å². The molecule has 0 rings (SSSR count). The van der Waals surface area contributed by atoms with Crippen LogP contribution in [0.2, 0.25) is 0 Å². The molecule has 0 radical (unpaired) electrons. The summed E-state index contributed by atoms with van der Waals surface area (Å²) in [4.78, 5) is 10.8. The molecule has 0 saturated heterocycles. The molecule has 0 amide bonds. The summed E-state index contributed by atoms with van der Waals surface area (Å²) < 4.78 is 0. The van der Waals surface area contributed by atoms with Crippen molar-refractivity contribution < 1.29 is 9.90 Å². The molecule has 0 saturated carbocycles. The zero-order valence-corrected chi connectivity index (χ0v) is 9.92. The summed E-state index contributed by atoms with van der Waals surface area (Å²) >= 11 is 0. The summed E-state index contributed by atoms with van der Waals surface area (Å²) in [5.74, 6) is 0.583. The molecule has 14 heavy (non-hydrogen) atoms. The van der Waals surface area contributed by atoms with Gasteiger partial charge >= 0.3 is 5.97 Å². The van der Waals surface area contributed by atoms with Crippen LogP contribution in [0.4, 0.5) is 0 Å². The van der Waals surface area contributed by atoms with Crippen molar-refractivity contribution in [3.63, 3.8) is 0 Å². The summed E-state index contributed by atoms with van der Waals surface area (Å²) in [6.07, 6.45) is 3.81. The van der Waals surface area contributed by atoms with Crippen LogP contribution in [-0.2, 0) is 4.79 Å². The van der Waals surface area contributed by atoms with Crippen LogP contribution in [0.3, 0.4) is 0 Å². The van der Waals surface area contributed by atoms with Gasteiger partial charge in [-0.2, -0.15) is 0 Å². The average molecular weight is 200 g/mol. The summed E-state index contributed by atoms with van der Waals surface area (Å²) in [6, 6.07) is 0. The van der Waals surface area contributed by atoms with Crippen LogP contribution in [0.5, 0.6) is 0 Å². The Kier molecular flexibility index (Phi) is 6.60. The molecule has 0 aliphatic carbocycles. The minimum absolute atomic E-state index is 0.137. The number of carboxylic acid groups (broad SMARTS) is 1. The SMILES string of the molecule is CCC(CCC(C)C(C)CC)C(=O)O. The second-order valence-electron chi connectivity index (χ2n) is 4.38. The first-order valence-corrected chi connectivity index (χ1v) is 5.75. The Morgan fingerprint density at radius 3 is 2.00 bits per heavy atom. The lowest BCUT2D eigenvalue weighted by Crippen LogP contribution is -2.15. The molecule has 0 aliphatic heterocycles. The Balaban J connectivity index is 3.85. The van der Waals surface area contributed by atoms with E-state index in [1.54, 1.807) is 0 Å². The van der Waals surface area contributed by atoms with Crippen LogP contribution < -0.4 is 0 Å². The lowest BCUT2D eigenvalue weighted by molar-refractivity contribution is -0.142. The highest BCUT2D eigenvalue weighted by atomic mass is 16.4. The quantitative estimate of drug-likeness (QED) is 0.682. The monoisotopic (exact) mass is 200 g/mol. The van der Waals surface area contributed by atoms with Gasteiger partial charge in [-0.15, -0.1) is 0 Å². The first-order chi connectivity index (χ1) is 6.52. The molecule has 84 valence electrons. The zero-order valence-electron chi connectivity index (χ0n) is 9.92. The number of rotatable bonds is 7. The highest BCUT2D eigenvalue weighted by molar-refractivity contribution is 5.69. The lowest BCUT2D eigenvalue weighted by Gasteiger charge is -2.19. The van der Waals surface area contributed by atoms with Crippen molar-refractivity contribution in [2.75, 3.05) is 0 Å². The van der Waals surface area contributed by atoms with E-state index in [0.29, 0.717) is 11.8 Å². The largest absolute Gasteiger partial charge is 0.481 e. The normalized spacial score (nSPS) is 17.4. The molecule has 0 aromatic carbocycles. The van der Waals surface area contributed by atoms with Gasteiger partial charge in [-0.05, 0) is 31.1 Å². The van der Waals surface area contributed by atoms with Crippen molar-refractivity contribution in [3.8, 4) is 0 Å². The van der Waals surface area contributed by atoms with Crippen LogP contribution in [-0.4, -0.2) is 11.1 Å². The van der Waals surface area contributed by atoms with Gasteiger partial charge in [0, 0.05) is 0 Å². The van der Waals surface area contributed by atoms with Gasteiger partial charge < -0.3 is 5.11 Å². The Hall–Kier alpha value is -0.530. The second kappa shape index (κ2) is 6.86. The standard InChI is InChI=1S/C12H24O2/c1-5-9(3)10(4)7-8-11(6-2)12(13)14/h9-11H,5-8H2,1-4H3,(H,13,14). The molecular formula is C12H24O2. The van der Waals surface area contributed by atoms with Crippen LogP contribution in [0.15, 0.2) is 0 Å². The average Bonchev–Trinajstić information content (AvgIpc) is 2.16. The van der Waals surface area contributed by atoms with Crippen molar-refractivity contribution in [3.05, 3.63) is 0 Å². The maximum atomic E-state index is 10.8. The number of carboxylic acids is 1. The third-order valence-electron chi connectivity index (χ3n) is 3.43. The lowest BCUT2D eigenvalue weighted by atomic mass is 9.86. The molecule has 0 fully saturated rings. The van der Waals surface area contributed by atoms with E-state index in [9.17, 15) is 4.79 Å². The molecular weight excluding hydrogens is 176 g/mol. The van der Waals surface area contributed by atoms with Gasteiger partial charge in [-0.25, -0.2) is 0 Å². The maximum absolute atomic E-state index is 10.8. The summed E-state index contributed by atoms with van der Waals surface area (Å²) in [7, 11) is 0. The Bertz CT molecular complexity index is 166. The van der Waals surface area contributed by atoms with E-state index < -0.39 is 5.97 Å². The summed E-state index contributed by atoms with van der Waals surface area (Å²) in [5.41, 5.74) is 0. The fourth-order valence-corrected chi connectivity index (χ4v) is 1.65. The number of hydrogen-bond acceptors (Lipinski definition) is 1. The van der Waals surface area contributed by atoms with E-state index in [2.05, 4.69) is 20.8 Å². The van der Waals surface area contributed by atoms with Crippen LogP contribution >= 0.6 is 0 Å². The highest BCUT2D eigenvalue weighted by Gasteiger charge is 2.17. The molecule has 2 nitrogen and oxygen atoms in total. The van der Waals surface area contributed by atoms with E-state index in [1.807, 2.05) is 6.92 Å². The topological polar surface area (TPSA) is 37.3 Å². The third-order valence-corrected chi connectivity index (χ3v) is 3.43. The number of aliphatic carboxylic acids is 1. The van der Waals surface area contributed by atoms with E-state index in [0.717, 1.165) is 19.3 Å². The molecule has 2 heteroatoms. The zero-order chi connectivity index (χ0) is 11.1. The summed E-state index contributed by atoms with van der Waals surface area (Å²) in [6.45, 7) is 8.61. The molecule has 0 aromatic heterocycles. The molecule has 3 unspecified atom stereocenters. The van der Waals surface area contributed by atoms with Gasteiger partial charge in [0.05, 0.1) is 5.92 Å². The van der Waals surface area contributed by atoms with Crippen molar-refractivity contribution >= 4 is 5.97 Å². The van der Waals surface area contributed by atoms with Gasteiger partial charge in [-0.3, -0.25) is 4.79 Å². The second-order valence-corrected chi connectivity index (χ2v) is 4.38. The van der Waals surface area contributed by atoms with Crippen molar-refractivity contribution in [1.29, 1.82) is 0 Å². The predicted octanol–water partition coefficient (Wildman–Crippen LogP) is 3.56. The van der Waals surface area contributed by atoms with Crippen molar-refractivity contribution in [2.24, 2.45) is 17.8 Å². The number of hydrogen-bond donors (Lipinski definition) is 1. The van der Waals surface area contributed by atoms with E-state index >= 15 is 0 Å². The Morgan fingerprint density at radius 2 is 1.64 bits per heavy atom. The Labute approximate surface area is 87.7 Å². The minimum Gasteiger partial charge on any atom is -0.481 e. The molecule has 1 N–H and O–H groups in total. The third kappa shape index (κ3) is 4.64. The Morgan fingerprint density at radius 1 is 1.07 bits per heavy atom. The van der Waals surface area contributed by atoms with E-state index in [1.165, 1.54) is 6.42 Å². The highest BCUT2D eigenvalue weighted by Crippen LogP contribution is 2.23. The minimum atomic E-state index is -0.635. The maximum Gasteiger partial charge on any atom is 0.306 e. The van der Waals surface area contributed by atoms with Crippen LogP contribution in [0, 0.1) is 17.8 Å². The van der Waals surface area contributed by atoms with E-state index in [4.69, 9.17) is 5.11 Å². The first kappa shape index (κ1) is 13.5. The van der Waals surface area contributed by atoms with Gasteiger partial charge in [0.2, 0.25) is 0 Å². The smallest absolute Gasteiger partial charge is 0.306 e. The molecule has 0 heterocycles. The van der Waals surface area contributed by atoms with Crippen molar-refractivity contribution in [2.45, 2.75) is 53.4 Å². The van der Waals surface area contributed by atoms with Crippen molar-refractivity contribution in [1.82, 2.24) is 0 Å². The van der Waals surface area contributed by atoms with Crippen LogP contribution in [0.1, 0.15) is 53.4 Å². The predicted molar refractivity (Wildman–Crippen MR) is 59.3 cm³/mol. The van der Waals surface area contributed by atoms with Gasteiger partial charge in [0.25, 0.3) is 0 Å². The van der Waals surface area contributed by atoms with Gasteiger partial charge in [0.15, 0.2) is 0 Å². The number of carbonyl (C=O) groups is 1. The fraction of sp³-hybridized carbons (Fsp3) is 0.917. The van der Waals surface area contributed by atoms with E-state index in [-0.39, 0.29) is 5.92 Å². The molecule has 0 aliphatic rings. The molecule has 0 spiro atoms. The molecule has 0 bridgehead atoms. The summed E-state index contributed by atoms with van der Waals surface area (Å²) in [5, 5.41) is 8.88.